The molecule has 4 rings (SSSR count). The third-order valence-corrected chi connectivity index (χ3v) is 4.53. The van der Waals surface area contributed by atoms with Crippen molar-refractivity contribution in [2.75, 3.05) is 38.2 Å². The summed E-state index contributed by atoms with van der Waals surface area (Å²) in [7, 11) is 1.64. The Bertz CT molecular complexity index is 896. The molecule has 2 aromatic heterocycles. The van der Waals surface area contributed by atoms with Gasteiger partial charge in [-0.2, -0.15) is 0 Å². The Hall–Kier alpha value is -2.64. The molecule has 1 fully saturated rings. The molecule has 4 heterocycles. The number of fused-ring (bicyclic) bond motifs is 1. The molecule has 130 valence electrons. The first-order chi connectivity index (χ1) is 12.2. The number of dihydropyridines is 1. The molecule has 7 nitrogen and oxygen atoms in total. The summed E-state index contributed by atoms with van der Waals surface area (Å²) < 4.78 is 6.81. The molecule has 0 radical (unpaired) electrons. The number of nitrogens with zero attached hydrogens (tertiary/aromatic N) is 3. The highest BCUT2D eigenvalue weighted by molar-refractivity contribution is 5.73. The molecule has 2 aromatic rings. The van der Waals surface area contributed by atoms with Crippen LogP contribution in [0.2, 0.25) is 0 Å². The molecule has 2 aliphatic rings. The standard InChI is InChI=1S/C18H21N5O2/c1-25-17-5-2-13(11-20-17)15-10-18(24)23-12-14(3-4-16(23)21-15)22-8-6-19-7-9-22/h2-5,10-12,17,19-20H,6-9H2,1H3. The average Bonchev–Trinajstić information content (AvgIpc) is 2.68. The first-order valence-electron chi connectivity index (χ1n) is 8.41. The van der Waals surface area contributed by atoms with E-state index in [-0.39, 0.29) is 11.8 Å². The van der Waals surface area contributed by atoms with Gasteiger partial charge in [0.15, 0.2) is 0 Å². The maximum atomic E-state index is 12.6. The minimum Gasteiger partial charge on any atom is -0.368 e. The van der Waals surface area contributed by atoms with E-state index in [1.165, 1.54) is 0 Å². The summed E-state index contributed by atoms with van der Waals surface area (Å²) in [4.78, 5) is 19.5. The predicted molar refractivity (Wildman–Crippen MR) is 97.6 cm³/mol. The molecular formula is C18H21N5O2. The predicted octanol–water partition coefficient (Wildman–Crippen LogP) is 0.577. The molecule has 0 spiro atoms. The fourth-order valence-electron chi connectivity index (χ4n) is 3.12. The van der Waals surface area contributed by atoms with Crippen LogP contribution < -0.4 is 21.1 Å². The third-order valence-electron chi connectivity index (χ3n) is 4.53. The van der Waals surface area contributed by atoms with Gasteiger partial charge in [-0.25, -0.2) is 4.98 Å². The topological polar surface area (TPSA) is 70.9 Å². The number of nitrogens with one attached hydrogen (secondary N) is 2. The molecule has 1 saturated heterocycles. The minimum atomic E-state index is -0.146. The van der Waals surface area contributed by atoms with Gasteiger partial charge in [-0.1, -0.05) is 6.08 Å². The molecular weight excluding hydrogens is 318 g/mol. The number of hydrogen-bond donors (Lipinski definition) is 2. The van der Waals surface area contributed by atoms with Crippen molar-refractivity contribution < 1.29 is 4.74 Å². The van der Waals surface area contributed by atoms with Crippen molar-refractivity contribution in [3.05, 3.63) is 58.8 Å². The van der Waals surface area contributed by atoms with Crippen LogP contribution in [0.1, 0.15) is 5.69 Å². The quantitative estimate of drug-likeness (QED) is 0.852. The number of piperazine rings is 1. The molecule has 2 aliphatic heterocycles. The molecule has 0 aliphatic carbocycles. The van der Waals surface area contributed by atoms with Gasteiger partial charge in [0.25, 0.3) is 5.56 Å². The zero-order chi connectivity index (χ0) is 17.2. The van der Waals surface area contributed by atoms with E-state index in [4.69, 9.17) is 4.74 Å². The molecule has 0 bridgehead atoms. The first kappa shape index (κ1) is 15.9. The number of anilines is 1. The molecule has 25 heavy (non-hydrogen) atoms. The maximum Gasteiger partial charge on any atom is 0.258 e. The van der Waals surface area contributed by atoms with Crippen LogP contribution in [0.3, 0.4) is 0 Å². The van der Waals surface area contributed by atoms with Gasteiger partial charge in [-0.05, 0) is 18.2 Å². The van der Waals surface area contributed by atoms with Crippen molar-refractivity contribution in [1.82, 2.24) is 20.0 Å². The average molecular weight is 339 g/mol. The van der Waals surface area contributed by atoms with Gasteiger partial charge in [-0.3, -0.25) is 9.20 Å². The Morgan fingerprint density at radius 1 is 1.28 bits per heavy atom. The summed E-state index contributed by atoms with van der Waals surface area (Å²) in [6, 6.07) is 5.50. The highest BCUT2D eigenvalue weighted by Gasteiger charge is 2.13. The van der Waals surface area contributed by atoms with E-state index in [1.807, 2.05) is 36.7 Å². The number of methoxy groups -OCH3 is 1. The zero-order valence-electron chi connectivity index (χ0n) is 14.1. The Kier molecular flexibility index (Phi) is 4.25. The van der Waals surface area contributed by atoms with Crippen LogP contribution in [0, 0.1) is 0 Å². The van der Waals surface area contributed by atoms with E-state index < -0.39 is 0 Å². The molecule has 0 aromatic carbocycles. The van der Waals surface area contributed by atoms with Crippen LogP contribution in [-0.2, 0) is 4.74 Å². The summed E-state index contributed by atoms with van der Waals surface area (Å²) in [6.07, 6.45) is 7.36. The highest BCUT2D eigenvalue weighted by atomic mass is 16.5. The van der Waals surface area contributed by atoms with Gasteiger partial charge in [0.05, 0.1) is 11.4 Å². The Balaban J connectivity index is 1.68. The van der Waals surface area contributed by atoms with Gasteiger partial charge in [0.1, 0.15) is 11.9 Å². The minimum absolute atomic E-state index is 0.0832. The van der Waals surface area contributed by atoms with E-state index in [2.05, 4.69) is 20.5 Å². The SMILES string of the molecule is COC1C=CC(c2cc(=O)n3cc(N4CCNCC4)ccc3n2)=CN1. The number of rotatable bonds is 3. The number of allylic oxidation sites excluding steroid dienone is 2. The summed E-state index contributed by atoms with van der Waals surface area (Å²) in [5.41, 5.74) is 3.12. The normalized spacial score (nSPS) is 20.4. The summed E-state index contributed by atoms with van der Waals surface area (Å²) in [6.45, 7) is 3.80. The van der Waals surface area contributed by atoms with E-state index in [1.54, 1.807) is 17.6 Å². The lowest BCUT2D eigenvalue weighted by Crippen LogP contribution is -2.43. The fraction of sp³-hybridized carbons (Fsp3) is 0.333. The first-order valence-corrected chi connectivity index (χ1v) is 8.41. The van der Waals surface area contributed by atoms with Crippen molar-refractivity contribution in [3.63, 3.8) is 0 Å². The van der Waals surface area contributed by atoms with Crippen molar-refractivity contribution >= 4 is 16.9 Å². The van der Waals surface area contributed by atoms with Crippen LogP contribution >= 0.6 is 0 Å². The van der Waals surface area contributed by atoms with Gasteiger partial charge in [0, 0.05) is 57.3 Å². The van der Waals surface area contributed by atoms with Crippen molar-refractivity contribution in [2.24, 2.45) is 0 Å². The highest BCUT2D eigenvalue weighted by Crippen LogP contribution is 2.18. The monoisotopic (exact) mass is 339 g/mol. The second-order valence-electron chi connectivity index (χ2n) is 6.11. The smallest absolute Gasteiger partial charge is 0.258 e. The van der Waals surface area contributed by atoms with Gasteiger partial charge in [0.2, 0.25) is 0 Å². The van der Waals surface area contributed by atoms with E-state index >= 15 is 0 Å². The molecule has 1 atom stereocenters. The van der Waals surface area contributed by atoms with Crippen LogP contribution in [0.4, 0.5) is 5.69 Å². The lowest BCUT2D eigenvalue weighted by molar-refractivity contribution is 0.124. The Morgan fingerprint density at radius 2 is 2.12 bits per heavy atom. The molecule has 0 amide bonds. The van der Waals surface area contributed by atoms with Crippen LogP contribution in [0.25, 0.3) is 11.2 Å². The van der Waals surface area contributed by atoms with Crippen molar-refractivity contribution in [1.29, 1.82) is 0 Å². The van der Waals surface area contributed by atoms with E-state index in [9.17, 15) is 4.79 Å². The number of ether oxygens (including phenoxy) is 1. The van der Waals surface area contributed by atoms with Crippen molar-refractivity contribution in [2.45, 2.75) is 6.23 Å². The van der Waals surface area contributed by atoms with E-state index in [0.717, 1.165) is 37.4 Å². The van der Waals surface area contributed by atoms with Crippen molar-refractivity contribution in [3.8, 4) is 0 Å². The summed E-state index contributed by atoms with van der Waals surface area (Å²) >= 11 is 0. The number of pyridine rings is 1. The third kappa shape index (κ3) is 3.16. The second kappa shape index (κ2) is 6.70. The second-order valence-corrected chi connectivity index (χ2v) is 6.11. The largest absolute Gasteiger partial charge is 0.368 e. The van der Waals surface area contributed by atoms with Gasteiger partial charge < -0.3 is 20.3 Å². The van der Waals surface area contributed by atoms with Gasteiger partial charge >= 0.3 is 0 Å². The summed E-state index contributed by atoms with van der Waals surface area (Å²) in [5.74, 6) is 0. The molecule has 7 heteroatoms. The lowest BCUT2D eigenvalue weighted by Gasteiger charge is -2.29. The fourth-order valence-corrected chi connectivity index (χ4v) is 3.12. The summed E-state index contributed by atoms with van der Waals surface area (Å²) in [5, 5.41) is 6.44. The number of aromatic nitrogens is 2. The van der Waals surface area contributed by atoms with Crippen LogP contribution in [0.15, 0.2) is 47.5 Å². The number of hydrogen-bond acceptors (Lipinski definition) is 6. The maximum absolute atomic E-state index is 12.6. The molecule has 2 N–H and O–H groups in total. The zero-order valence-corrected chi connectivity index (χ0v) is 14.1. The van der Waals surface area contributed by atoms with Crippen LogP contribution in [-0.4, -0.2) is 48.9 Å². The molecule has 1 unspecified atom stereocenters. The van der Waals surface area contributed by atoms with E-state index in [0.29, 0.717) is 11.3 Å². The molecule has 0 saturated carbocycles. The Labute approximate surface area is 145 Å². The lowest BCUT2D eigenvalue weighted by atomic mass is 10.1. The Morgan fingerprint density at radius 3 is 2.84 bits per heavy atom. The van der Waals surface area contributed by atoms with Gasteiger partial charge in [-0.15, -0.1) is 0 Å². The van der Waals surface area contributed by atoms with Crippen LogP contribution in [0.5, 0.6) is 0 Å².